The van der Waals surface area contributed by atoms with Gasteiger partial charge in [-0.25, -0.2) is 4.39 Å². The Morgan fingerprint density at radius 1 is 1.10 bits per heavy atom. The molecule has 2 aromatic rings. The van der Waals surface area contributed by atoms with E-state index < -0.39 is 0 Å². The monoisotopic (exact) mass is 515 g/mol. The van der Waals surface area contributed by atoms with Crippen LogP contribution in [-0.4, -0.2) is 39.9 Å². The molecule has 0 spiro atoms. The largest absolute Gasteiger partial charge is 0.493 e. The molecule has 0 bridgehead atoms. The molecule has 7 heteroatoms. The summed E-state index contributed by atoms with van der Waals surface area (Å²) in [7, 11) is 3.43. The van der Waals surface area contributed by atoms with Gasteiger partial charge in [-0.15, -0.1) is 24.0 Å². The molecule has 160 valence electrons. The number of methoxy groups -OCH3 is 1. The van der Waals surface area contributed by atoms with Crippen molar-refractivity contribution in [2.24, 2.45) is 4.99 Å². The highest BCUT2D eigenvalue weighted by molar-refractivity contribution is 14.0. The van der Waals surface area contributed by atoms with Crippen molar-refractivity contribution in [1.82, 2.24) is 10.6 Å². The number of aryl methyl sites for hydroxylation is 1. The van der Waals surface area contributed by atoms with Crippen molar-refractivity contribution in [3.8, 4) is 5.75 Å². The Kier molecular flexibility index (Phi) is 12.3. The third-order valence-corrected chi connectivity index (χ3v) is 4.33. The van der Waals surface area contributed by atoms with Crippen molar-refractivity contribution < 1.29 is 13.9 Å². The lowest BCUT2D eigenvalue weighted by Gasteiger charge is -2.13. The molecule has 0 aliphatic heterocycles. The average molecular weight is 515 g/mol. The van der Waals surface area contributed by atoms with E-state index in [4.69, 9.17) is 9.47 Å². The number of nitrogens with one attached hydrogen (secondary N) is 2. The standard InChI is InChI=1S/C22H30FN3O2.HI/c1-17-14-20(23)9-8-19(17)10-11-25-22(24-2)26-16-18-6-4-7-21(15-18)28-13-5-12-27-3;/h4,6-9,14-15H,5,10-13,16H2,1-3H3,(H2,24,25,26);1H. The molecule has 0 amide bonds. The van der Waals surface area contributed by atoms with E-state index in [0.29, 0.717) is 19.8 Å². The molecule has 2 N–H and O–H groups in total. The van der Waals surface area contributed by atoms with Gasteiger partial charge in [-0.05, 0) is 54.3 Å². The number of rotatable bonds is 10. The van der Waals surface area contributed by atoms with Crippen LogP contribution in [0, 0.1) is 12.7 Å². The highest BCUT2D eigenvalue weighted by Gasteiger charge is 2.03. The van der Waals surface area contributed by atoms with Crippen molar-refractivity contribution in [1.29, 1.82) is 0 Å². The molecule has 5 nitrogen and oxygen atoms in total. The summed E-state index contributed by atoms with van der Waals surface area (Å²) >= 11 is 0. The molecule has 0 atom stereocenters. The van der Waals surface area contributed by atoms with Crippen LogP contribution < -0.4 is 15.4 Å². The summed E-state index contributed by atoms with van der Waals surface area (Å²) in [6, 6.07) is 12.9. The second kappa shape index (κ2) is 14.2. The average Bonchev–Trinajstić information content (AvgIpc) is 2.70. The molecule has 0 saturated heterocycles. The molecular weight excluding hydrogens is 484 g/mol. The van der Waals surface area contributed by atoms with Gasteiger partial charge in [0.15, 0.2) is 5.96 Å². The molecule has 0 aliphatic rings. The summed E-state index contributed by atoms with van der Waals surface area (Å²) in [6.07, 6.45) is 1.67. The molecule has 0 fully saturated rings. The number of benzene rings is 2. The van der Waals surface area contributed by atoms with Crippen molar-refractivity contribution in [2.75, 3.05) is 33.9 Å². The van der Waals surface area contributed by atoms with E-state index in [1.807, 2.05) is 37.3 Å². The number of hydrogen-bond acceptors (Lipinski definition) is 3. The van der Waals surface area contributed by atoms with Crippen LogP contribution in [0.15, 0.2) is 47.5 Å². The number of halogens is 2. The lowest BCUT2D eigenvalue weighted by Crippen LogP contribution is -2.37. The Labute approximate surface area is 190 Å². The number of nitrogens with zero attached hydrogens (tertiary/aromatic N) is 1. The summed E-state index contributed by atoms with van der Waals surface area (Å²) in [4.78, 5) is 4.25. The highest BCUT2D eigenvalue weighted by Crippen LogP contribution is 2.13. The van der Waals surface area contributed by atoms with E-state index >= 15 is 0 Å². The summed E-state index contributed by atoms with van der Waals surface area (Å²) in [5, 5.41) is 6.60. The topological polar surface area (TPSA) is 54.9 Å². The first-order valence-electron chi connectivity index (χ1n) is 9.52. The van der Waals surface area contributed by atoms with E-state index in [1.54, 1.807) is 20.2 Å². The van der Waals surface area contributed by atoms with Crippen LogP contribution in [0.5, 0.6) is 5.75 Å². The van der Waals surface area contributed by atoms with E-state index in [1.165, 1.54) is 6.07 Å². The van der Waals surface area contributed by atoms with Gasteiger partial charge in [0.1, 0.15) is 11.6 Å². The minimum atomic E-state index is -0.198. The molecule has 29 heavy (non-hydrogen) atoms. The van der Waals surface area contributed by atoms with Gasteiger partial charge in [0, 0.05) is 40.3 Å². The van der Waals surface area contributed by atoms with Crippen LogP contribution in [0.4, 0.5) is 4.39 Å². The van der Waals surface area contributed by atoms with E-state index in [9.17, 15) is 4.39 Å². The van der Waals surface area contributed by atoms with E-state index in [0.717, 1.165) is 47.8 Å². The van der Waals surface area contributed by atoms with Gasteiger partial charge < -0.3 is 20.1 Å². The SMILES string of the molecule is CN=C(NCCc1ccc(F)cc1C)NCc1cccc(OCCCOC)c1.I. The molecule has 2 rings (SSSR count). The quantitative estimate of drug-likeness (QED) is 0.217. The van der Waals surface area contributed by atoms with Crippen LogP contribution in [-0.2, 0) is 17.7 Å². The smallest absolute Gasteiger partial charge is 0.191 e. The lowest BCUT2D eigenvalue weighted by atomic mass is 10.1. The van der Waals surface area contributed by atoms with Gasteiger partial charge >= 0.3 is 0 Å². The molecular formula is C22H31FIN3O2. The van der Waals surface area contributed by atoms with Crippen molar-refractivity contribution in [2.45, 2.75) is 26.3 Å². The fraction of sp³-hybridized carbons (Fsp3) is 0.409. The Balaban J connectivity index is 0.00000420. The second-order valence-electron chi connectivity index (χ2n) is 6.52. The summed E-state index contributed by atoms with van der Waals surface area (Å²) < 4.78 is 23.9. The number of ether oxygens (including phenoxy) is 2. The lowest BCUT2D eigenvalue weighted by molar-refractivity contribution is 0.172. The fourth-order valence-electron chi connectivity index (χ4n) is 2.80. The number of hydrogen-bond donors (Lipinski definition) is 2. The van der Waals surface area contributed by atoms with E-state index in [2.05, 4.69) is 15.6 Å². The third-order valence-electron chi connectivity index (χ3n) is 4.33. The maximum absolute atomic E-state index is 13.2. The zero-order valence-electron chi connectivity index (χ0n) is 17.3. The van der Waals surface area contributed by atoms with Crippen LogP contribution in [0.25, 0.3) is 0 Å². The fourth-order valence-corrected chi connectivity index (χ4v) is 2.80. The Morgan fingerprint density at radius 2 is 1.93 bits per heavy atom. The first-order valence-corrected chi connectivity index (χ1v) is 9.52. The molecule has 0 heterocycles. The second-order valence-corrected chi connectivity index (χ2v) is 6.52. The minimum absolute atomic E-state index is 0. The van der Waals surface area contributed by atoms with Gasteiger partial charge in [0.25, 0.3) is 0 Å². The first-order chi connectivity index (χ1) is 13.6. The Hall–Kier alpha value is -1.87. The normalized spacial score (nSPS) is 11.0. The van der Waals surface area contributed by atoms with Crippen molar-refractivity contribution in [3.05, 3.63) is 65.0 Å². The van der Waals surface area contributed by atoms with Gasteiger partial charge in [-0.1, -0.05) is 18.2 Å². The summed E-state index contributed by atoms with van der Waals surface area (Å²) in [5.41, 5.74) is 3.20. The van der Waals surface area contributed by atoms with Crippen LogP contribution in [0.1, 0.15) is 23.1 Å². The van der Waals surface area contributed by atoms with Crippen LogP contribution >= 0.6 is 24.0 Å². The maximum atomic E-state index is 13.2. The molecule has 0 unspecified atom stereocenters. The van der Waals surface area contributed by atoms with E-state index in [-0.39, 0.29) is 29.8 Å². The van der Waals surface area contributed by atoms with Crippen LogP contribution in [0.3, 0.4) is 0 Å². The van der Waals surface area contributed by atoms with Gasteiger partial charge in [-0.3, -0.25) is 4.99 Å². The minimum Gasteiger partial charge on any atom is -0.493 e. The number of aliphatic imine (C=N–C) groups is 1. The zero-order valence-corrected chi connectivity index (χ0v) is 19.7. The van der Waals surface area contributed by atoms with Gasteiger partial charge in [-0.2, -0.15) is 0 Å². The zero-order chi connectivity index (χ0) is 20.2. The highest BCUT2D eigenvalue weighted by atomic mass is 127. The molecule has 0 aliphatic carbocycles. The number of guanidine groups is 1. The maximum Gasteiger partial charge on any atom is 0.191 e. The predicted molar refractivity (Wildman–Crippen MR) is 127 cm³/mol. The Morgan fingerprint density at radius 3 is 2.66 bits per heavy atom. The van der Waals surface area contributed by atoms with Crippen molar-refractivity contribution >= 4 is 29.9 Å². The van der Waals surface area contributed by atoms with Gasteiger partial charge in [0.2, 0.25) is 0 Å². The summed E-state index contributed by atoms with van der Waals surface area (Å²) in [5.74, 6) is 1.38. The third kappa shape index (κ3) is 9.45. The Bertz CT molecular complexity index is 771. The van der Waals surface area contributed by atoms with Gasteiger partial charge in [0.05, 0.1) is 6.61 Å². The van der Waals surface area contributed by atoms with Crippen molar-refractivity contribution in [3.63, 3.8) is 0 Å². The molecule has 0 radical (unpaired) electrons. The molecule has 0 saturated carbocycles. The first kappa shape index (κ1) is 25.2. The molecule has 0 aromatic heterocycles. The molecule has 2 aromatic carbocycles. The van der Waals surface area contributed by atoms with Crippen LogP contribution in [0.2, 0.25) is 0 Å². The summed E-state index contributed by atoms with van der Waals surface area (Å²) in [6.45, 7) is 4.62. The predicted octanol–water partition coefficient (Wildman–Crippen LogP) is 4.08.